The van der Waals surface area contributed by atoms with Gasteiger partial charge < -0.3 is 0 Å². The maximum atomic E-state index is 13.9. The summed E-state index contributed by atoms with van der Waals surface area (Å²) >= 11 is 0. The van der Waals surface area contributed by atoms with Crippen molar-refractivity contribution in [3.8, 4) is 5.69 Å². The Kier molecular flexibility index (Phi) is 3.52. The van der Waals surface area contributed by atoms with Crippen LogP contribution in [0.25, 0.3) is 5.69 Å². The van der Waals surface area contributed by atoms with E-state index in [-0.39, 0.29) is 11.4 Å². The monoisotopic (exact) mass is 284 g/mol. The number of hydrogen-bond donors (Lipinski definition) is 1. The highest BCUT2D eigenvalue weighted by Gasteiger charge is 2.16. The zero-order valence-corrected chi connectivity index (χ0v) is 11.2. The quantitative estimate of drug-likeness (QED) is 0.924. The molecule has 0 aliphatic carbocycles. The number of halogens is 1. The zero-order chi connectivity index (χ0) is 14.0. The first-order chi connectivity index (χ1) is 8.90. The molecule has 6 nitrogen and oxygen atoms in total. The number of anilines is 1. The number of aromatic nitrogens is 3. The standard InChI is InChI=1S/C11H13FN4O2S/c1-8(2)19(17,18)15-9-3-4-11(10(12)5-9)16-7-13-6-14-16/h3-8,15H,1-2H3. The molecular formula is C11H13FN4O2S. The number of nitrogens with zero attached hydrogens (tertiary/aromatic N) is 3. The van der Waals surface area contributed by atoms with Gasteiger partial charge >= 0.3 is 0 Å². The fraction of sp³-hybridized carbons (Fsp3) is 0.273. The van der Waals surface area contributed by atoms with Crippen molar-refractivity contribution in [3.63, 3.8) is 0 Å². The summed E-state index contributed by atoms with van der Waals surface area (Å²) in [5.41, 5.74) is 0.375. The molecule has 8 heteroatoms. The number of benzene rings is 1. The van der Waals surface area contributed by atoms with Crippen LogP contribution in [0, 0.1) is 5.82 Å². The lowest BCUT2D eigenvalue weighted by molar-refractivity contribution is 0.592. The normalized spacial score (nSPS) is 11.8. The molecule has 0 amide bonds. The highest BCUT2D eigenvalue weighted by molar-refractivity contribution is 7.93. The molecule has 0 aliphatic heterocycles. The van der Waals surface area contributed by atoms with Gasteiger partial charge in [-0.25, -0.2) is 22.5 Å². The molecule has 19 heavy (non-hydrogen) atoms. The van der Waals surface area contributed by atoms with Gasteiger partial charge in [0.25, 0.3) is 0 Å². The Hall–Kier alpha value is -1.96. The third-order valence-electron chi connectivity index (χ3n) is 2.49. The predicted octanol–water partition coefficient (Wildman–Crippen LogP) is 1.56. The van der Waals surface area contributed by atoms with E-state index < -0.39 is 21.1 Å². The summed E-state index contributed by atoms with van der Waals surface area (Å²) in [7, 11) is -3.49. The minimum atomic E-state index is -3.49. The summed E-state index contributed by atoms with van der Waals surface area (Å²) in [6.45, 7) is 3.09. The molecule has 1 N–H and O–H groups in total. The van der Waals surface area contributed by atoms with E-state index in [4.69, 9.17) is 0 Å². The van der Waals surface area contributed by atoms with Crippen molar-refractivity contribution in [1.29, 1.82) is 0 Å². The van der Waals surface area contributed by atoms with Crippen molar-refractivity contribution in [3.05, 3.63) is 36.7 Å². The first-order valence-electron chi connectivity index (χ1n) is 5.56. The zero-order valence-electron chi connectivity index (χ0n) is 10.4. The van der Waals surface area contributed by atoms with E-state index in [1.807, 2.05) is 0 Å². The topological polar surface area (TPSA) is 76.9 Å². The van der Waals surface area contributed by atoms with E-state index in [0.29, 0.717) is 0 Å². The summed E-state index contributed by atoms with van der Waals surface area (Å²) in [5.74, 6) is -0.588. The Bertz CT molecular complexity index is 668. The van der Waals surface area contributed by atoms with Gasteiger partial charge in [0.2, 0.25) is 10.0 Å². The number of nitrogens with one attached hydrogen (secondary N) is 1. The summed E-state index contributed by atoms with van der Waals surface area (Å²) in [4.78, 5) is 3.72. The average molecular weight is 284 g/mol. The maximum Gasteiger partial charge on any atom is 0.235 e. The van der Waals surface area contributed by atoms with E-state index in [1.165, 1.54) is 29.5 Å². The minimum Gasteiger partial charge on any atom is -0.283 e. The highest BCUT2D eigenvalue weighted by Crippen LogP contribution is 2.19. The number of hydrogen-bond acceptors (Lipinski definition) is 4. The molecule has 2 aromatic rings. The largest absolute Gasteiger partial charge is 0.283 e. The highest BCUT2D eigenvalue weighted by atomic mass is 32.2. The predicted molar refractivity (Wildman–Crippen MR) is 69.0 cm³/mol. The molecule has 0 fully saturated rings. The van der Waals surface area contributed by atoms with E-state index in [2.05, 4.69) is 14.8 Å². The van der Waals surface area contributed by atoms with E-state index >= 15 is 0 Å². The Labute approximate surface area is 110 Å². The second-order valence-corrected chi connectivity index (χ2v) is 6.44. The molecular weight excluding hydrogens is 271 g/mol. The second kappa shape index (κ2) is 4.96. The molecule has 0 bridgehead atoms. The van der Waals surface area contributed by atoms with E-state index in [1.54, 1.807) is 13.8 Å². The Morgan fingerprint density at radius 1 is 1.37 bits per heavy atom. The van der Waals surface area contributed by atoms with Crippen molar-refractivity contribution >= 4 is 15.7 Å². The molecule has 1 aromatic carbocycles. The lowest BCUT2D eigenvalue weighted by Gasteiger charge is -2.11. The number of rotatable bonds is 4. The van der Waals surface area contributed by atoms with Gasteiger partial charge in [-0.05, 0) is 26.0 Å². The molecule has 1 heterocycles. The van der Waals surface area contributed by atoms with Gasteiger partial charge in [0.1, 0.15) is 18.3 Å². The Morgan fingerprint density at radius 2 is 2.11 bits per heavy atom. The van der Waals surface area contributed by atoms with Gasteiger partial charge in [-0.3, -0.25) is 4.72 Å². The molecule has 2 rings (SSSR count). The van der Waals surface area contributed by atoms with Crippen LogP contribution >= 0.6 is 0 Å². The molecule has 0 radical (unpaired) electrons. The van der Waals surface area contributed by atoms with Gasteiger partial charge in [0.15, 0.2) is 5.82 Å². The van der Waals surface area contributed by atoms with Gasteiger partial charge in [0.05, 0.1) is 10.9 Å². The van der Waals surface area contributed by atoms with E-state index in [0.717, 1.165) is 6.07 Å². The summed E-state index contributed by atoms with van der Waals surface area (Å²) in [5, 5.41) is 3.21. The first-order valence-corrected chi connectivity index (χ1v) is 7.11. The number of sulfonamides is 1. The maximum absolute atomic E-state index is 13.9. The summed E-state index contributed by atoms with van der Waals surface area (Å²) in [6.07, 6.45) is 2.64. The van der Waals surface area contributed by atoms with Crippen molar-refractivity contribution < 1.29 is 12.8 Å². The van der Waals surface area contributed by atoms with Crippen LogP contribution < -0.4 is 4.72 Å². The molecule has 0 aliphatic rings. The molecule has 0 unspecified atom stereocenters. The third-order valence-corrected chi connectivity index (χ3v) is 4.26. The third kappa shape index (κ3) is 2.90. The van der Waals surface area contributed by atoms with Crippen molar-refractivity contribution in [2.75, 3.05) is 4.72 Å². The second-order valence-electron chi connectivity index (χ2n) is 4.20. The van der Waals surface area contributed by atoms with Crippen LogP contribution in [0.1, 0.15) is 13.8 Å². The molecule has 102 valence electrons. The van der Waals surface area contributed by atoms with Crippen LogP contribution in [0.2, 0.25) is 0 Å². The fourth-order valence-electron chi connectivity index (χ4n) is 1.37. The molecule has 0 saturated heterocycles. The van der Waals surface area contributed by atoms with Gasteiger partial charge in [-0.2, -0.15) is 5.10 Å². The first kappa shape index (κ1) is 13.5. The van der Waals surface area contributed by atoms with Gasteiger partial charge in [-0.15, -0.1) is 0 Å². The molecule has 0 atom stereocenters. The van der Waals surface area contributed by atoms with Crippen molar-refractivity contribution in [1.82, 2.24) is 14.8 Å². The lowest BCUT2D eigenvalue weighted by Crippen LogP contribution is -2.22. The molecule has 0 saturated carbocycles. The molecule has 1 aromatic heterocycles. The van der Waals surface area contributed by atoms with Crippen LogP contribution in [-0.2, 0) is 10.0 Å². The summed E-state index contributed by atoms with van der Waals surface area (Å²) in [6, 6.07) is 4.01. The molecule has 0 spiro atoms. The van der Waals surface area contributed by atoms with Crippen LogP contribution in [0.4, 0.5) is 10.1 Å². The van der Waals surface area contributed by atoms with Crippen LogP contribution in [0.15, 0.2) is 30.9 Å². The van der Waals surface area contributed by atoms with Gasteiger partial charge in [0, 0.05) is 6.07 Å². The van der Waals surface area contributed by atoms with Crippen LogP contribution in [0.5, 0.6) is 0 Å². The van der Waals surface area contributed by atoms with Crippen LogP contribution in [-0.4, -0.2) is 28.4 Å². The van der Waals surface area contributed by atoms with Crippen molar-refractivity contribution in [2.24, 2.45) is 0 Å². The lowest BCUT2D eigenvalue weighted by atomic mass is 10.3. The smallest absolute Gasteiger partial charge is 0.235 e. The minimum absolute atomic E-state index is 0.176. The summed E-state index contributed by atoms with van der Waals surface area (Å²) < 4.78 is 40.8. The Morgan fingerprint density at radius 3 is 2.63 bits per heavy atom. The Balaban J connectivity index is 2.30. The van der Waals surface area contributed by atoms with Crippen LogP contribution in [0.3, 0.4) is 0 Å². The van der Waals surface area contributed by atoms with Gasteiger partial charge in [-0.1, -0.05) is 0 Å². The van der Waals surface area contributed by atoms with E-state index in [9.17, 15) is 12.8 Å². The fourth-order valence-corrected chi connectivity index (χ4v) is 2.06. The average Bonchev–Trinajstić information content (AvgIpc) is 2.81. The SMILES string of the molecule is CC(C)S(=O)(=O)Nc1ccc(-n2cncn2)c(F)c1. The van der Waals surface area contributed by atoms with Crippen molar-refractivity contribution in [2.45, 2.75) is 19.1 Å².